The molecule has 2 N–H and O–H groups in total. The number of rotatable bonds is 5. The first kappa shape index (κ1) is 17.9. The van der Waals surface area contributed by atoms with Crippen LogP contribution in [-0.2, 0) is 17.2 Å². The number of carbonyl (C=O) groups excluding carboxylic acids is 1. The number of hydrogen-bond acceptors (Lipinski definition) is 4. The van der Waals surface area contributed by atoms with Gasteiger partial charge in [-0.15, -0.1) is 0 Å². The molecule has 1 amide bonds. The molecular formula is C17H30N4O2. The van der Waals surface area contributed by atoms with Crippen molar-refractivity contribution >= 4 is 5.91 Å². The van der Waals surface area contributed by atoms with Crippen molar-refractivity contribution in [1.82, 2.24) is 20.4 Å². The van der Waals surface area contributed by atoms with Crippen LogP contribution in [0.15, 0.2) is 6.07 Å². The summed E-state index contributed by atoms with van der Waals surface area (Å²) in [5.41, 5.74) is 1.50. The van der Waals surface area contributed by atoms with Gasteiger partial charge in [0.05, 0.1) is 12.3 Å². The molecule has 0 bridgehead atoms. The zero-order valence-electron chi connectivity index (χ0n) is 15.0. The van der Waals surface area contributed by atoms with Gasteiger partial charge in [0, 0.05) is 31.5 Å². The quantitative estimate of drug-likeness (QED) is 0.861. The van der Waals surface area contributed by atoms with Gasteiger partial charge < -0.3 is 15.4 Å². The number of piperidine rings is 1. The normalized spacial score (nSPS) is 18.0. The topological polar surface area (TPSA) is 68.2 Å². The van der Waals surface area contributed by atoms with Crippen LogP contribution in [0.5, 0.6) is 0 Å². The number of aryl methyl sites for hydroxylation is 1. The fraction of sp³-hybridized carbons (Fsp3) is 0.765. The summed E-state index contributed by atoms with van der Waals surface area (Å²) in [5.74, 6) is -0.0653. The molecule has 0 spiro atoms. The van der Waals surface area contributed by atoms with Crippen LogP contribution in [0, 0.1) is 5.41 Å². The van der Waals surface area contributed by atoms with Gasteiger partial charge in [0.25, 0.3) is 5.91 Å². The molecule has 1 aliphatic heterocycles. The lowest BCUT2D eigenvalue weighted by Crippen LogP contribution is -2.47. The average Bonchev–Trinajstić information content (AvgIpc) is 2.88. The van der Waals surface area contributed by atoms with E-state index >= 15 is 0 Å². The number of aromatic nitrogens is 2. The molecule has 0 aromatic carbocycles. The van der Waals surface area contributed by atoms with E-state index in [1.165, 1.54) is 0 Å². The van der Waals surface area contributed by atoms with E-state index in [9.17, 15) is 4.79 Å². The lowest BCUT2D eigenvalue weighted by molar-refractivity contribution is 0.0510. The van der Waals surface area contributed by atoms with Gasteiger partial charge in [-0.1, -0.05) is 20.8 Å². The van der Waals surface area contributed by atoms with Gasteiger partial charge in [0.1, 0.15) is 5.69 Å². The molecule has 0 atom stereocenters. The van der Waals surface area contributed by atoms with Crippen molar-refractivity contribution in [2.45, 2.75) is 39.0 Å². The summed E-state index contributed by atoms with van der Waals surface area (Å²) in [4.78, 5) is 12.6. The maximum Gasteiger partial charge on any atom is 0.269 e. The lowest BCUT2D eigenvalue weighted by Gasteiger charge is -2.37. The van der Waals surface area contributed by atoms with Crippen LogP contribution in [0.3, 0.4) is 0 Å². The second-order valence-electron chi connectivity index (χ2n) is 7.65. The second-order valence-corrected chi connectivity index (χ2v) is 7.65. The average molecular weight is 322 g/mol. The minimum Gasteiger partial charge on any atom is -0.384 e. The first-order valence-corrected chi connectivity index (χ1v) is 8.30. The number of ether oxygens (including phenoxy) is 1. The van der Waals surface area contributed by atoms with Crippen molar-refractivity contribution in [3.63, 3.8) is 0 Å². The number of nitrogens with zero attached hydrogens (tertiary/aromatic N) is 2. The third-order valence-electron chi connectivity index (χ3n) is 4.62. The fourth-order valence-electron chi connectivity index (χ4n) is 3.04. The van der Waals surface area contributed by atoms with Gasteiger partial charge in [-0.2, -0.15) is 5.10 Å². The Kier molecular flexibility index (Phi) is 5.47. The SMILES string of the molecule is COCC1(CNC(=O)c2cc(C(C)(C)C)nn2C)CCNCC1. The summed E-state index contributed by atoms with van der Waals surface area (Å²) in [6.45, 7) is 9.54. The number of carbonyl (C=O) groups is 1. The molecule has 1 fully saturated rings. The van der Waals surface area contributed by atoms with Crippen LogP contribution in [0.4, 0.5) is 0 Å². The van der Waals surface area contributed by atoms with Crippen LogP contribution >= 0.6 is 0 Å². The largest absolute Gasteiger partial charge is 0.384 e. The maximum atomic E-state index is 12.6. The summed E-state index contributed by atoms with van der Waals surface area (Å²) in [6.07, 6.45) is 2.03. The smallest absolute Gasteiger partial charge is 0.269 e. The predicted molar refractivity (Wildman–Crippen MR) is 90.7 cm³/mol. The van der Waals surface area contributed by atoms with Gasteiger partial charge in [-0.3, -0.25) is 9.48 Å². The summed E-state index contributed by atoms with van der Waals surface area (Å²) in [7, 11) is 3.54. The number of hydrogen-bond donors (Lipinski definition) is 2. The predicted octanol–water partition coefficient (Wildman–Crippen LogP) is 1.46. The molecule has 6 nitrogen and oxygen atoms in total. The minimum atomic E-state index is -0.0669. The highest BCUT2D eigenvalue weighted by Crippen LogP contribution is 2.28. The Labute approximate surface area is 139 Å². The molecule has 0 radical (unpaired) electrons. The molecule has 130 valence electrons. The molecule has 23 heavy (non-hydrogen) atoms. The van der Waals surface area contributed by atoms with Crippen LogP contribution in [-0.4, -0.2) is 49.0 Å². The Balaban J connectivity index is 2.05. The molecule has 2 rings (SSSR count). The van der Waals surface area contributed by atoms with Crippen LogP contribution < -0.4 is 10.6 Å². The molecule has 0 aliphatic carbocycles. The van der Waals surface area contributed by atoms with E-state index in [4.69, 9.17) is 4.74 Å². The standard InChI is InChI=1S/C17H30N4O2/c1-16(2,3)14-10-13(21(4)20-14)15(22)19-11-17(12-23-5)6-8-18-9-7-17/h10,18H,6-9,11-12H2,1-5H3,(H,19,22). The molecule has 1 aromatic rings. The molecular weight excluding hydrogens is 292 g/mol. The molecule has 2 heterocycles. The Hall–Kier alpha value is -1.40. The third kappa shape index (κ3) is 4.32. The molecule has 1 aromatic heterocycles. The van der Waals surface area contributed by atoms with Gasteiger partial charge in [-0.05, 0) is 32.0 Å². The second kappa shape index (κ2) is 7.01. The Bertz CT molecular complexity index is 534. The van der Waals surface area contributed by atoms with Crippen molar-refractivity contribution in [3.05, 3.63) is 17.5 Å². The van der Waals surface area contributed by atoms with E-state index in [-0.39, 0.29) is 16.7 Å². The number of methoxy groups -OCH3 is 1. The van der Waals surface area contributed by atoms with Crippen LogP contribution in [0.1, 0.15) is 49.8 Å². The Morgan fingerprint density at radius 2 is 2.09 bits per heavy atom. The van der Waals surface area contributed by atoms with Crippen molar-refractivity contribution in [2.24, 2.45) is 12.5 Å². The van der Waals surface area contributed by atoms with Crippen molar-refractivity contribution in [3.8, 4) is 0 Å². The van der Waals surface area contributed by atoms with Crippen LogP contribution in [0.2, 0.25) is 0 Å². The molecule has 1 aliphatic rings. The fourth-order valence-corrected chi connectivity index (χ4v) is 3.04. The van der Waals surface area contributed by atoms with E-state index in [1.807, 2.05) is 13.1 Å². The highest BCUT2D eigenvalue weighted by Gasteiger charge is 2.33. The number of amides is 1. The maximum absolute atomic E-state index is 12.6. The van der Waals surface area contributed by atoms with E-state index in [2.05, 4.69) is 36.5 Å². The minimum absolute atomic E-state index is 0.0289. The van der Waals surface area contributed by atoms with E-state index in [0.717, 1.165) is 31.6 Å². The van der Waals surface area contributed by atoms with Gasteiger partial charge in [-0.25, -0.2) is 0 Å². The molecule has 1 saturated heterocycles. The van der Waals surface area contributed by atoms with Crippen molar-refractivity contribution in [1.29, 1.82) is 0 Å². The zero-order valence-corrected chi connectivity index (χ0v) is 15.0. The van der Waals surface area contributed by atoms with Crippen molar-refractivity contribution < 1.29 is 9.53 Å². The van der Waals surface area contributed by atoms with Crippen LogP contribution in [0.25, 0.3) is 0 Å². The summed E-state index contributed by atoms with van der Waals surface area (Å²) >= 11 is 0. The summed E-state index contributed by atoms with van der Waals surface area (Å²) in [6, 6.07) is 1.89. The van der Waals surface area contributed by atoms with E-state index < -0.39 is 0 Å². The third-order valence-corrected chi connectivity index (χ3v) is 4.62. The summed E-state index contributed by atoms with van der Waals surface area (Å²) in [5, 5.41) is 10.9. The molecule has 6 heteroatoms. The van der Waals surface area contributed by atoms with Gasteiger partial charge >= 0.3 is 0 Å². The van der Waals surface area contributed by atoms with E-state index in [1.54, 1.807) is 11.8 Å². The van der Waals surface area contributed by atoms with Gasteiger partial charge in [0.2, 0.25) is 0 Å². The lowest BCUT2D eigenvalue weighted by atomic mass is 9.79. The Morgan fingerprint density at radius 1 is 1.43 bits per heavy atom. The monoisotopic (exact) mass is 322 g/mol. The highest BCUT2D eigenvalue weighted by molar-refractivity contribution is 5.92. The molecule has 0 saturated carbocycles. The highest BCUT2D eigenvalue weighted by atomic mass is 16.5. The van der Waals surface area contributed by atoms with E-state index in [0.29, 0.717) is 18.8 Å². The zero-order chi connectivity index (χ0) is 17.1. The summed E-state index contributed by atoms with van der Waals surface area (Å²) < 4.78 is 7.07. The number of nitrogens with one attached hydrogen (secondary N) is 2. The van der Waals surface area contributed by atoms with Gasteiger partial charge in [0.15, 0.2) is 0 Å². The first-order valence-electron chi connectivity index (χ1n) is 8.30. The van der Waals surface area contributed by atoms with Crippen molar-refractivity contribution in [2.75, 3.05) is 33.4 Å². The Morgan fingerprint density at radius 3 is 2.61 bits per heavy atom. The first-order chi connectivity index (χ1) is 10.8. The molecule has 0 unspecified atom stereocenters.